The smallest absolute Gasteiger partial charge is 0.358 e. The van der Waals surface area contributed by atoms with Gasteiger partial charge in [0.25, 0.3) is 0 Å². The second kappa shape index (κ2) is 6.51. The molecule has 3 aromatic rings. The van der Waals surface area contributed by atoms with Crippen molar-refractivity contribution in [2.75, 3.05) is 5.32 Å². The molecule has 0 atom stereocenters. The van der Waals surface area contributed by atoms with E-state index in [2.05, 4.69) is 20.8 Å². The number of carbonyl (C=O) groups is 2. The van der Waals surface area contributed by atoms with Gasteiger partial charge in [0.1, 0.15) is 11.6 Å². The van der Waals surface area contributed by atoms with Gasteiger partial charge in [-0.05, 0) is 31.2 Å². The summed E-state index contributed by atoms with van der Waals surface area (Å²) in [4.78, 5) is 23.5. The van der Waals surface area contributed by atoms with E-state index in [9.17, 15) is 19.1 Å². The third-order valence-electron chi connectivity index (χ3n) is 3.26. The fourth-order valence-electron chi connectivity index (χ4n) is 2.18. The van der Waals surface area contributed by atoms with Crippen LogP contribution in [0.15, 0.2) is 34.9 Å². The molecular formula is C15H12FN5O4. The summed E-state index contributed by atoms with van der Waals surface area (Å²) in [5, 5.41) is 22.7. The molecule has 0 radical (unpaired) electrons. The number of aryl methyl sites for hydroxylation is 1. The molecule has 2 heterocycles. The molecule has 0 aliphatic carbocycles. The molecule has 2 N–H and O–H groups in total. The Bertz CT molecular complexity index is 932. The predicted octanol–water partition coefficient (Wildman–Crippen LogP) is 1.58. The second-order valence-corrected chi connectivity index (χ2v) is 5.13. The monoisotopic (exact) mass is 345 g/mol. The summed E-state index contributed by atoms with van der Waals surface area (Å²) in [6.07, 6.45) is -0.322. The van der Waals surface area contributed by atoms with Crippen molar-refractivity contribution in [3.05, 3.63) is 53.3 Å². The molecule has 2 aromatic heterocycles. The molecule has 1 aromatic carbocycles. The van der Waals surface area contributed by atoms with E-state index in [1.807, 2.05) is 0 Å². The summed E-state index contributed by atoms with van der Waals surface area (Å²) in [5.74, 6) is -1.59. The average Bonchev–Trinajstić information content (AvgIpc) is 3.14. The molecule has 0 fully saturated rings. The number of aromatic nitrogens is 4. The first-order valence-electron chi connectivity index (χ1n) is 7.11. The number of carbonyl (C=O) groups excluding carboxylic acids is 1. The maximum atomic E-state index is 13.1. The molecule has 0 unspecified atom stereocenters. The van der Waals surface area contributed by atoms with E-state index in [4.69, 9.17) is 4.52 Å². The third-order valence-corrected chi connectivity index (χ3v) is 3.26. The van der Waals surface area contributed by atoms with Crippen LogP contribution in [0.1, 0.15) is 21.9 Å². The summed E-state index contributed by atoms with van der Waals surface area (Å²) < 4.78 is 19.1. The Morgan fingerprint density at radius 2 is 2.04 bits per heavy atom. The topological polar surface area (TPSA) is 123 Å². The molecule has 25 heavy (non-hydrogen) atoms. The van der Waals surface area contributed by atoms with Gasteiger partial charge in [0.05, 0.1) is 17.8 Å². The Morgan fingerprint density at radius 1 is 1.32 bits per heavy atom. The van der Waals surface area contributed by atoms with Gasteiger partial charge in [0, 0.05) is 6.07 Å². The van der Waals surface area contributed by atoms with Crippen molar-refractivity contribution in [1.82, 2.24) is 20.2 Å². The highest BCUT2D eigenvalue weighted by Gasteiger charge is 2.22. The van der Waals surface area contributed by atoms with Crippen molar-refractivity contribution < 1.29 is 23.6 Å². The van der Waals surface area contributed by atoms with Gasteiger partial charge in [-0.1, -0.05) is 10.4 Å². The van der Waals surface area contributed by atoms with Crippen molar-refractivity contribution >= 4 is 17.7 Å². The Kier molecular flexibility index (Phi) is 4.25. The molecule has 10 heteroatoms. The number of hydrogen-bond donors (Lipinski definition) is 2. The Hall–Kier alpha value is -3.56. The van der Waals surface area contributed by atoms with Crippen molar-refractivity contribution in [1.29, 1.82) is 0 Å². The zero-order valence-electron chi connectivity index (χ0n) is 12.9. The van der Waals surface area contributed by atoms with Crippen molar-refractivity contribution in [3.8, 4) is 5.69 Å². The summed E-state index contributed by atoms with van der Waals surface area (Å²) in [5.41, 5.74) is 0.0640. The van der Waals surface area contributed by atoms with E-state index in [-0.39, 0.29) is 23.6 Å². The molecule has 0 spiro atoms. The van der Waals surface area contributed by atoms with Crippen LogP contribution >= 0.6 is 0 Å². The molecule has 0 saturated carbocycles. The van der Waals surface area contributed by atoms with Crippen LogP contribution in [-0.4, -0.2) is 37.1 Å². The molecule has 0 saturated heterocycles. The number of halogens is 1. The molecule has 0 bridgehead atoms. The highest BCUT2D eigenvalue weighted by molar-refractivity contribution is 5.94. The van der Waals surface area contributed by atoms with E-state index in [0.29, 0.717) is 11.4 Å². The zero-order chi connectivity index (χ0) is 18.0. The van der Waals surface area contributed by atoms with Gasteiger partial charge in [-0.25, -0.2) is 13.9 Å². The van der Waals surface area contributed by atoms with Gasteiger partial charge >= 0.3 is 5.97 Å². The first kappa shape index (κ1) is 16.3. The minimum atomic E-state index is -1.33. The summed E-state index contributed by atoms with van der Waals surface area (Å²) >= 11 is 0. The van der Waals surface area contributed by atoms with Crippen molar-refractivity contribution in [3.63, 3.8) is 0 Å². The number of aromatic carboxylic acids is 1. The molecule has 3 rings (SSSR count). The lowest BCUT2D eigenvalue weighted by atomic mass is 10.2. The first-order chi connectivity index (χ1) is 11.9. The van der Waals surface area contributed by atoms with Crippen LogP contribution in [0.2, 0.25) is 0 Å². The maximum absolute atomic E-state index is 13.1. The standard InChI is InChI=1S/C15H12FN5O4/c1-8-6-12(19-25-8)17-13(22)7-11-14(15(23)24)18-20-21(11)10-4-2-9(16)3-5-10/h2-6H,7H2,1H3,(H,23,24)(H,17,19,22). The molecule has 0 aliphatic heterocycles. The van der Waals surface area contributed by atoms with Gasteiger partial charge in [0.2, 0.25) is 5.91 Å². The summed E-state index contributed by atoms with van der Waals surface area (Å²) in [7, 11) is 0. The Balaban J connectivity index is 1.90. The minimum absolute atomic E-state index is 0.0526. The number of carboxylic acid groups (broad SMARTS) is 1. The number of nitrogens with zero attached hydrogens (tertiary/aromatic N) is 4. The van der Waals surface area contributed by atoms with E-state index >= 15 is 0 Å². The van der Waals surface area contributed by atoms with Crippen molar-refractivity contribution in [2.24, 2.45) is 0 Å². The van der Waals surface area contributed by atoms with Crippen LogP contribution in [-0.2, 0) is 11.2 Å². The lowest BCUT2D eigenvalue weighted by Crippen LogP contribution is -2.19. The summed E-state index contributed by atoms with van der Waals surface area (Å²) in [6.45, 7) is 1.67. The fourth-order valence-corrected chi connectivity index (χ4v) is 2.18. The molecule has 1 amide bonds. The number of rotatable bonds is 5. The van der Waals surface area contributed by atoms with E-state index in [1.54, 1.807) is 6.92 Å². The normalized spacial score (nSPS) is 10.6. The van der Waals surface area contributed by atoms with Crippen LogP contribution < -0.4 is 5.32 Å². The molecule has 0 aliphatic rings. The van der Waals surface area contributed by atoms with Crippen LogP contribution in [0, 0.1) is 12.7 Å². The van der Waals surface area contributed by atoms with E-state index in [1.165, 1.54) is 35.0 Å². The Labute approximate surface area is 140 Å². The number of carboxylic acids is 1. The summed E-state index contributed by atoms with van der Waals surface area (Å²) in [6, 6.07) is 6.71. The molecular weight excluding hydrogens is 333 g/mol. The van der Waals surface area contributed by atoms with Crippen LogP contribution in [0.5, 0.6) is 0 Å². The van der Waals surface area contributed by atoms with Crippen LogP contribution in [0.4, 0.5) is 10.2 Å². The fraction of sp³-hybridized carbons (Fsp3) is 0.133. The van der Waals surface area contributed by atoms with Crippen LogP contribution in [0.25, 0.3) is 5.69 Å². The highest BCUT2D eigenvalue weighted by Crippen LogP contribution is 2.16. The highest BCUT2D eigenvalue weighted by atomic mass is 19.1. The van der Waals surface area contributed by atoms with Crippen molar-refractivity contribution in [2.45, 2.75) is 13.3 Å². The van der Waals surface area contributed by atoms with E-state index < -0.39 is 17.7 Å². The third kappa shape index (κ3) is 3.52. The molecule has 128 valence electrons. The SMILES string of the molecule is Cc1cc(NC(=O)Cc2c(C(=O)O)nnn2-c2ccc(F)cc2)no1. The lowest BCUT2D eigenvalue weighted by Gasteiger charge is -2.07. The van der Waals surface area contributed by atoms with E-state index in [0.717, 1.165) is 0 Å². The zero-order valence-corrected chi connectivity index (χ0v) is 12.9. The maximum Gasteiger partial charge on any atom is 0.358 e. The van der Waals surface area contributed by atoms with Gasteiger partial charge < -0.3 is 14.9 Å². The number of nitrogens with one attached hydrogen (secondary N) is 1. The average molecular weight is 345 g/mol. The number of benzene rings is 1. The molecule has 9 nitrogen and oxygen atoms in total. The minimum Gasteiger partial charge on any atom is -0.476 e. The number of anilines is 1. The van der Waals surface area contributed by atoms with Crippen LogP contribution in [0.3, 0.4) is 0 Å². The quantitative estimate of drug-likeness (QED) is 0.719. The number of hydrogen-bond acceptors (Lipinski definition) is 6. The largest absolute Gasteiger partial charge is 0.476 e. The van der Waals surface area contributed by atoms with Gasteiger partial charge in [-0.2, -0.15) is 0 Å². The Morgan fingerprint density at radius 3 is 2.64 bits per heavy atom. The second-order valence-electron chi connectivity index (χ2n) is 5.13. The first-order valence-corrected chi connectivity index (χ1v) is 7.11. The number of amides is 1. The van der Waals surface area contributed by atoms with Gasteiger partial charge in [0.15, 0.2) is 11.5 Å². The predicted molar refractivity (Wildman–Crippen MR) is 81.9 cm³/mol. The van der Waals surface area contributed by atoms with Gasteiger partial charge in [-0.15, -0.1) is 5.10 Å². The lowest BCUT2D eigenvalue weighted by molar-refractivity contribution is -0.115. The van der Waals surface area contributed by atoms with Gasteiger partial charge in [-0.3, -0.25) is 4.79 Å².